The number of halogens is 3. The molecule has 1 rings (SSSR count). The van der Waals surface area contributed by atoms with Crippen LogP contribution in [0.2, 0.25) is 0 Å². The lowest BCUT2D eigenvalue weighted by atomic mass is 9.98. The number of hydrogen-bond donors (Lipinski definition) is 1. The first-order chi connectivity index (χ1) is 8.98. The predicted octanol–water partition coefficient (Wildman–Crippen LogP) is 1.20. The molecule has 0 aromatic heterocycles. The molecule has 108 valence electrons. The molecular weight excluding hydrogens is 297 g/mol. The molecule has 0 radical (unpaired) electrons. The van der Waals surface area contributed by atoms with Crippen molar-refractivity contribution in [1.82, 2.24) is 0 Å². The van der Waals surface area contributed by atoms with Gasteiger partial charge < -0.3 is 5.73 Å². The summed E-state index contributed by atoms with van der Waals surface area (Å²) in [5.74, 6) is -2.78. The molecule has 9 heteroatoms. The average Bonchev–Trinajstić information content (AvgIpc) is 2.26. The maximum Gasteiger partial charge on any atom is 0.416 e. The molecule has 0 fully saturated rings. The molecule has 0 saturated heterocycles. The normalized spacial score (nSPS) is 13.6. The van der Waals surface area contributed by atoms with Crippen LogP contribution in [0.1, 0.15) is 17.0 Å². The fraction of sp³-hybridized carbons (Fsp3) is 0.273. The quantitative estimate of drug-likeness (QED) is 0.906. The summed E-state index contributed by atoms with van der Waals surface area (Å²) in [6, 6.07) is 3.23. The maximum atomic E-state index is 12.6. The third-order valence-corrected chi connectivity index (χ3v) is 3.62. The standard InChI is InChI=1S/C11H9F3N2O3S/c1-20(18,19)9-4-6(11(12,13)14)2-3-7(9)8(5-15)10(16)17/h2-4,8H,1H3,(H2,16,17). The van der Waals surface area contributed by atoms with Gasteiger partial charge in [-0.25, -0.2) is 8.42 Å². The molecule has 20 heavy (non-hydrogen) atoms. The lowest BCUT2D eigenvalue weighted by Gasteiger charge is -2.14. The third-order valence-electron chi connectivity index (χ3n) is 2.46. The number of carbonyl (C=O) groups is 1. The summed E-state index contributed by atoms with van der Waals surface area (Å²) in [6.07, 6.45) is -4.06. The Hall–Kier alpha value is -2.08. The molecule has 0 aliphatic rings. The van der Waals surface area contributed by atoms with Gasteiger partial charge in [0.15, 0.2) is 15.8 Å². The number of carbonyl (C=O) groups excluding carboxylic acids is 1. The number of nitrogens with two attached hydrogens (primary N) is 1. The van der Waals surface area contributed by atoms with Crippen LogP contribution in [0.3, 0.4) is 0 Å². The molecule has 0 heterocycles. The highest BCUT2D eigenvalue weighted by atomic mass is 32.2. The van der Waals surface area contributed by atoms with Gasteiger partial charge in [-0.2, -0.15) is 18.4 Å². The van der Waals surface area contributed by atoms with Crippen molar-refractivity contribution < 1.29 is 26.4 Å². The van der Waals surface area contributed by atoms with Gasteiger partial charge in [0.25, 0.3) is 0 Å². The monoisotopic (exact) mass is 306 g/mol. The van der Waals surface area contributed by atoms with Gasteiger partial charge in [0.2, 0.25) is 5.91 Å². The third kappa shape index (κ3) is 3.27. The van der Waals surface area contributed by atoms with Gasteiger partial charge >= 0.3 is 6.18 Å². The summed E-state index contributed by atoms with van der Waals surface area (Å²) >= 11 is 0. The Kier molecular flexibility index (Phi) is 4.10. The number of sulfone groups is 1. The average molecular weight is 306 g/mol. The Morgan fingerprint density at radius 2 is 1.95 bits per heavy atom. The minimum Gasteiger partial charge on any atom is -0.368 e. The van der Waals surface area contributed by atoms with Crippen molar-refractivity contribution >= 4 is 15.7 Å². The molecule has 1 unspecified atom stereocenters. The lowest BCUT2D eigenvalue weighted by molar-refractivity contribution is -0.137. The van der Waals surface area contributed by atoms with E-state index in [9.17, 15) is 26.4 Å². The second kappa shape index (κ2) is 5.13. The van der Waals surface area contributed by atoms with E-state index in [0.717, 1.165) is 6.07 Å². The number of rotatable bonds is 3. The van der Waals surface area contributed by atoms with Crippen LogP contribution in [0.4, 0.5) is 13.2 Å². The second-order valence-electron chi connectivity index (χ2n) is 3.99. The number of nitriles is 1. The molecular formula is C11H9F3N2O3S. The molecule has 5 nitrogen and oxygen atoms in total. The number of nitrogens with zero attached hydrogens (tertiary/aromatic N) is 1. The Morgan fingerprint density at radius 3 is 2.30 bits per heavy atom. The second-order valence-corrected chi connectivity index (χ2v) is 5.97. The minimum absolute atomic E-state index is 0.365. The Balaban J connectivity index is 3.64. The molecule has 0 bridgehead atoms. The van der Waals surface area contributed by atoms with E-state index < -0.39 is 38.3 Å². The Bertz CT molecular complexity index is 690. The van der Waals surface area contributed by atoms with Crippen molar-refractivity contribution in [3.8, 4) is 6.07 Å². The molecule has 1 aromatic carbocycles. The van der Waals surface area contributed by atoms with Crippen molar-refractivity contribution in [3.63, 3.8) is 0 Å². The van der Waals surface area contributed by atoms with Gasteiger partial charge in [0.1, 0.15) is 0 Å². The summed E-state index contributed by atoms with van der Waals surface area (Å²) in [6.45, 7) is 0. The Labute approximate surface area is 112 Å². The molecule has 0 spiro atoms. The summed E-state index contributed by atoms with van der Waals surface area (Å²) in [5, 5.41) is 8.80. The first kappa shape index (κ1) is 16.0. The summed E-state index contributed by atoms with van der Waals surface area (Å²) in [5.41, 5.74) is 3.38. The van der Waals surface area contributed by atoms with Crippen molar-refractivity contribution in [2.24, 2.45) is 5.73 Å². The van der Waals surface area contributed by atoms with Crippen molar-refractivity contribution in [2.75, 3.05) is 6.26 Å². The van der Waals surface area contributed by atoms with Crippen molar-refractivity contribution in [3.05, 3.63) is 29.3 Å². The van der Waals surface area contributed by atoms with Crippen molar-refractivity contribution in [1.29, 1.82) is 5.26 Å². The van der Waals surface area contributed by atoms with Crippen LogP contribution >= 0.6 is 0 Å². The number of amides is 1. The SMILES string of the molecule is CS(=O)(=O)c1cc(C(F)(F)F)ccc1C(C#N)C(N)=O. The van der Waals surface area contributed by atoms with Crippen LogP contribution in [-0.2, 0) is 20.8 Å². The van der Waals surface area contributed by atoms with E-state index in [1.807, 2.05) is 0 Å². The fourth-order valence-corrected chi connectivity index (χ4v) is 2.51. The summed E-state index contributed by atoms with van der Waals surface area (Å²) in [4.78, 5) is 10.3. The van der Waals surface area contributed by atoms with Crippen LogP contribution in [-0.4, -0.2) is 20.6 Å². The van der Waals surface area contributed by atoms with Gasteiger partial charge in [-0.05, 0) is 17.7 Å². The van der Waals surface area contributed by atoms with Gasteiger partial charge in [0.05, 0.1) is 16.5 Å². The number of benzene rings is 1. The molecule has 1 aromatic rings. The fourth-order valence-electron chi connectivity index (χ4n) is 1.56. The van der Waals surface area contributed by atoms with Gasteiger partial charge in [-0.1, -0.05) is 6.07 Å². The molecule has 1 amide bonds. The van der Waals surface area contributed by atoms with Gasteiger partial charge in [0, 0.05) is 6.26 Å². The zero-order valence-electron chi connectivity index (χ0n) is 10.1. The smallest absolute Gasteiger partial charge is 0.368 e. The maximum absolute atomic E-state index is 12.6. The highest BCUT2D eigenvalue weighted by Gasteiger charge is 2.33. The molecule has 1 atom stereocenters. The van der Waals surface area contributed by atoms with Crippen LogP contribution in [0.25, 0.3) is 0 Å². The van der Waals surface area contributed by atoms with Crippen LogP contribution < -0.4 is 5.73 Å². The highest BCUT2D eigenvalue weighted by Crippen LogP contribution is 2.33. The molecule has 0 saturated carbocycles. The van der Waals surface area contributed by atoms with E-state index in [1.165, 1.54) is 6.07 Å². The zero-order chi connectivity index (χ0) is 15.7. The predicted molar refractivity (Wildman–Crippen MR) is 62.1 cm³/mol. The zero-order valence-corrected chi connectivity index (χ0v) is 10.9. The first-order valence-electron chi connectivity index (χ1n) is 5.08. The number of alkyl halides is 3. The number of hydrogen-bond acceptors (Lipinski definition) is 4. The van der Waals surface area contributed by atoms with E-state index in [-0.39, 0.29) is 5.56 Å². The topological polar surface area (TPSA) is 101 Å². The van der Waals surface area contributed by atoms with Crippen LogP contribution in [0.5, 0.6) is 0 Å². The van der Waals surface area contributed by atoms with E-state index in [0.29, 0.717) is 18.4 Å². The lowest BCUT2D eigenvalue weighted by Crippen LogP contribution is -2.22. The van der Waals surface area contributed by atoms with E-state index in [2.05, 4.69) is 0 Å². The van der Waals surface area contributed by atoms with E-state index >= 15 is 0 Å². The van der Waals surface area contributed by atoms with Crippen LogP contribution in [0, 0.1) is 11.3 Å². The number of primary amides is 1. The van der Waals surface area contributed by atoms with Crippen LogP contribution in [0.15, 0.2) is 23.1 Å². The summed E-state index contributed by atoms with van der Waals surface area (Å²) < 4.78 is 60.8. The van der Waals surface area contributed by atoms with E-state index in [4.69, 9.17) is 11.0 Å². The summed E-state index contributed by atoms with van der Waals surface area (Å²) in [7, 11) is -4.06. The molecule has 0 aliphatic carbocycles. The minimum atomic E-state index is -4.74. The van der Waals surface area contributed by atoms with Gasteiger partial charge in [-0.3, -0.25) is 4.79 Å². The van der Waals surface area contributed by atoms with E-state index in [1.54, 1.807) is 0 Å². The Morgan fingerprint density at radius 1 is 1.40 bits per heavy atom. The van der Waals surface area contributed by atoms with Crippen molar-refractivity contribution in [2.45, 2.75) is 17.0 Å². The largest absolute Gasteiger partial charge is 0.416 e. The molecule has 2 N–H and O–H groups in total. The molecule has 0 aliphatic heterocycles. The first-order valence-corrected chi connectivity index (χ1v) is 6.97. The van der Waals surface area contributed by atoms with Gasteiger partial charge in [-0.15, -0.1) is 0 Å². The highest BCUT2D eigenvalue weighted by molar-refractivity contribution is 7.90.